The zero-order valence-corrected chi connectivity index (χ0v) is 10.5. The first-order valence-electron chi connectivity index (χ1n) is 5.08. The van der Waals surface area contributed by atoms with Gasteiger partial charge in [0, 0.05) is 23.8 Å². The SMILES string of the molecule is CN1CCC(NC(=O)O)c2ccc(Br)cc21. The Bertz CT molecular complexity index is 422. The summed E-state index contributed by atoms with van der Waals surface area (Å²) in [5, 5.41) is 11.3. The lowest BCUT2D eigenvalue weighted by Gasteiger charge is -2.33. The Kier molecular flexibility index (Phi) is 3.05. The Morgan fingerprint density at radius 1 is 1.62 bits per heavy atom. The van der Waals surface area contributed by atoms with Crippen molar-refractivity contribution in [2.75, 3.05) is 18.5 Å². The van der Waals surface area contributed by atoms with E-state index in [1.165, 1.54) is 0 Å². The lowest BCUT2D eigenvalue weighted by atomic mass is 9.97. The molecule has 0 aromatic heterocycles. The van der Waals surface area contributed by atoms with Gasteiger partial charge in [-0.1, -0.05) is 22.0 Å². The molecule has 2 N–H and O–H groups in total. The summed E-state index contributed by atoms with van der Waals surface area (Å²) in [5.41, 5.74) is 2.12. The Balaban J connectivity index is 2.36. The first kappa shape index (κ1) is 11.3. The lowest BCUT2D eigenvalue weighted by Crippen LogP contribution is -2.35. The monoisotopic (exact) mass is 284 g/mol. The van der Waals surface area contributed by atoms with Crippen molar-refractivity contribution >= 4 is 27.7 Å². The molecule has 5 heteroatoms. The van der Waals surface area contributed by atoms with E-state index in [0.717, 1.165) is 28.7 Å². The Labute approximate surface area is 102 Å². The van der Waals surface area contributed by atoms with E-state index in [0.29, 0.717) is 0 Å². The van der Waals surface area contributed by atoms with E-state index in [1.807, 2.05) is 25.2 Å². The van der Waals surface area contributed by atoms with Gasteiger partial charge in [-0.3, -0.25) is 0 Å². The second-order valence-corrected chi connectivity index (χ2v) is 4.83. The van der Waals surface area contributed by atoms with Gasteiger partial charge in [-0.25, -0.2) is 4.79 Å². The van der Waals surface area contributed by atoms with Crippen molar-refractivity contribution in [2.45, 2.75) is 12.5 Å². The van der Waals surface area contributed by atoms with Gasteiger partial charge < -0.3 is 15.3 Å². The number of carboxylic acid groups (broad SMARTS) is 1. The van der Waals surface area contributed by atoms with Gasteiger partial charge in [0.15, 0.2) is 0 Å². The van der Waals surface area contributed by atoms with Crippen molar-refractivity contribution in [2.24, 2.45) is 0 Å². The predicted octanol–water partition coefficient (Wildman–Crippen LogP) is 2.60. The first-order chi connectivity index (χ1) is 7.58. The van der Waals surface area contributed by atoms with Crippen LogP contribution in [0.5, 0.6) is 0 Å². The van der Waals surface area contributed by atoms with Crippen molar-refractivity contribution < 1.29 is 9.90 Å². The Morgan fingerprint density at radius 2 is 2.38 bits per heavy atom. The fourth-order valence-corrected chi connectivity index (χ4v) is 2.39. The van der Waals surface area contributed by atoms with E-state index in [4.69, 9.17) is 5.11 Å². The van der Waals surface area contributed by atoms with Crippen molar-refractivity contribution in [3.05, 3.63) is 28.2 Å². The largest absolute Gasteiger partial charge is 0.465 e. The van der Waals surface area contributed by atoms with Crippen LogP contribution >= 0.6 is 15.9 Å². The quantitative estimate of drug-likeness (QED) is 0.834. The molecule has 86 valence electrons. The van der Waals surface area contributed by atoms with Crippen LogP contribution in [-0.4, -0.2) is 24.8 Å². The molecule has 4 nitrogen and oxygen atoms in total. The van der Waals surface area contributed by atoms with Crippen molar-refractivity contribution in [3.8, 4) is 0 Å². The smallest absolute Gasteiger partial charge is 0.405 e. The van der Waals surface area contributed by atoms with Gasteiger partial charge in [0.25, 0.3) is 0 Å². The second kappa shape index (κ2) is 4.33. The van der Waals surface area contributed by atoms with Gasteiger partial charge in [0.2, 0.25) is 0 Å². The van der Waals surface area contributed by atoms with Crippen molar-refractivity contribution in [1.29, 1.82) is 0 Å². The number of hydrogen-bond acceptors (Lipinski definition) is 2. The summed E-state index contributed by atoms with van der Waals surface area (Å²) in [6.45, 7) is 0.856. The number of anilines is 1. The summed E-state index contributed by atoms with van der Waals surface area (Å²) in [4.78, 5) is 12.8. The summed E-state index contributed by atoms with van der Waals surface area (Å²) in [7, 11) is 2.02. The van der Waals surface area contributed by atoms with Gasteiger partial charge in [0.1, 0.15) is 0 Å². The molecule has 0 bridgehead atoms. The highest BCUT2D eigenvalue weighted by Gasteiger charge is 2.24. The Hall–Kier alpha value is -1.23. The van der Waals surface area contributed by atoms with E-state index in [2.05, 4.69) is 26.1 Å². The van der Waals surface area contributed by atoms with Crippen LogP contribution in [0.4, 0.5) is 10.5 Å². The Morgan fingerprint density at radius 3 is 3.06 bits per heavy atom. The highest BCUT2D eigenvalue weighted by molar-refractivity contribution is 9.10. The number of fused-ring (bicyclic) bond motifs is 1. The summed E-state index contributed by atoms with van der Waals surface area (Å²) >= 11 is 3.43. The maximum Gasteiger partial charge on any atom is 0.405 e. The minimum Gasteiger partial charge on any atom is -0.465 e. The molecule has 2 rings (SSSR count). The molecule has 1 aromatic rings. The minimum absolute atomic E-state index is 0.100. The molecule has 0 aliphatic carbocycles. The summed E-state index contributed by atoms with van der Waals surface area (Å²) in [5.74, 6) is 0. The predicted molar refractivity (Wildman–Crippen MR) is 65.9 cm³/mol. The van der Waals surface area contributed by atoms with Crippen molar-refractivity contribution in [3.63, 3.8) is 0 Å². The first-order valence-corrected chi connectivity index (χ1v) is 5.87. The number of benzene rings is 1. The van der Waals surface area contributed by atoms with Crippen LogP contribution in [0.1, 0.15) is 18.0 Å². The zero-order valence-electron chi connectivity index (χ0n) is 8.90. The average Bonchev–Trinajstić information content (AvgIpc) is 2.22. The molecular weight excluding hydrogens is 272 g/mol. The molecule has 0 radical (unpaired) electrons. The van der Waals surface area contributed by atoms with E-state index >= 15 is 0 Å². The summed E-state index contributed by atoms with van der Waals surface area (Å²) in [6.07, 6.45) is -0.166. The van der Waals surface area contributed by atoms with Gasteiger partial charge in [-0.05, 0) is 24.1 Å². The molecule has 1 aliphatic heterocycles. The molecule has 16 heavy (non-hydrogen) atoms. The molecule has 0 fully saturated rings. The van der Waals surface area contributed by atoms with Gasteiger partial charge in [-0.15, -0.1) is 0 Å². The van der Waals surface area contributed by atoms with Crippen LogP contribution in [0.15, 0.2) is 22.7 Å². The molecule has 1 heterocycles. The fraction of sp³-hybridized carbons (Fsp3) is 0.364. The van der Waals surface area contributed by atoms with Crippen molar-refractivity contribution in [1.82, 2.24) is 5.32 Å². The normalized spacial score (nSPS) is 19.1. The maximum atomic E-state index is 10.7. The third kappa shape index (κ3) is 2.14. The molecule has 1 amide bonds. The van der Waals surface area contributed by atoms with Gasteiger partial charge >= 0.3 is 6.09 Å². The number of rotatable bonds is 1. The highest BCUT2D eigenvalue weighted by atomic mass is 79.9. The molecule has 0 saturated carbocycles. The van der Waals surface area contributed by atoms with Gasteiger partial charge in [0.05, 0.1) is 6.04 Å². The van der Waals surface area contributed by atoms with E-state index in [-0.39, 0.29) is 6.04 Å². The second-order valence-electron chi connectivity index (χ2n) is 3.92. The molecule has 1 atom stereocenters. The lowest BCUT2D eigenvalue weighted by molar-refractivity contribution is 0.189. The number of amides is 1. The summed E-state index contributed by atoms with van der Waals surface area (Å²) < 4.78 is 1.01. The zero-order chi connectivity index (χ0) is 11.7. The standard InChI is InChI=1S/C11H13BrN2O2/c1-14-5-4-9(13-11(15)16)8-3-2-7(12)6-10(8)14/h2-3,6,9,13H,4-5H2,1H3,(H,15,16). The number of halogens is 1. The number of carbonyl (C=O) groups is 1. The molecule has 0 spiro atoms. The summed E-state index contributed by atoms with van der Waals surface area (Å²) in [6, 6.07) is 5.83. The topological polar surface area (TPSA) is 52.6 Å². The number of nitrogens with one attached hydrogen (secondary N) is 1. The third-order valence-corrected chi connectivity index (χ3v) is 3.32. The van der Waals surface area contributed by atoms with E-state index in [9.17, 15) is 4.79 Å². The molecular formula is C11H13BrN2O2. The number of hydrogen-bond donors (Lipinski definition) is 2. The van der Waals surface area contributed by atoms with Crippen LogP contribution in [0.3, 0.4) is 0 Å². The minimum atomic E-state index is -0.969. The highest BCUT2D eigenvalue weighted by Crippen LogP contribution is 2.34. The fourth-order valence-electron chi connectivity index (χ4n) is 2.04. The third-order valence-electron chi connectivity index (χ3n) is 2.83. The molecule has 1 aromatic carbocycles. The van der Waals surface area contributed by atoms with Crippen LogP contribution in [0.25, 0.3) is 0 Å². The molecule has 1 unspecified atom stereocenters. The van der Waals surface area contributed by atoms with Crippen LogP contribution in [0, 0.1) is 0 Å². The van der Waals surface area contributed by atoms with Crippen LogP contribution in [-0.2, 0) is 0 Å². The molecule has 0 saturated heterocycles. The van der Waals surface area contributed by atoms with E-state index < -0.39 is 6.09 Å². The maximum absolute atomic E-state index is 10.7. The van der Waals surface area contributed by atoms with E-state index in [1.54, 1.807) is 0 Å². The van der Waals surface area contributed by atoms with Gasteiger partial charge in [-0.2, -0.15) is 0 Å². The van der Waals surface area contributed by atoms with Crippen LogP contribution < -0.4 is 10.2 Å². The number of nitrogens with zero attached hydrogens (tertiary/aromatic N) is 1. The van der Waals surface area contributed by atoms with Crippen LogP contribution in [0.2, 0.25) is 0 Å². The molecule has 1 aliphatic rings. The average molecular weight is 285 g/mol.